The van der Waals surface area contributed by atoms with Crippen LogP contribution in [0, 0.1) is 0 Å². The van der Waals surface area contributed by atoms with Crippen molar-refractivity contribution in [2.24, 2.45) is 0 Å². The average Bonchev–Trinajstić information content (AvgIpc) is 3.31. The van der Waals surface area contributed by atoms with Crippen LogP contribution in [0.4, 0.5) is 0 Å². The summed E-state index contributed by atoms with van der Waals surface area (Å²) in [4.78, 5) is 13.1. The normalized spacial score (nSPS) is 19.6. The molecular weight excluding hydrogens is 586 g/mol. The zero-order valence-corrected chi connectivity index (χ0v) is 30.2. The Labute approximate surface area is 286 Å². The molecule has 0 N–H and O–H groups in total. The fraction of sp³-hybridized carbons (Fsp3) is 0.683. The first-order valence-corrected chi connectivity index (χ1v) is 19.0. The van der Waals surface area contributed by atoms with E-state index in [1.807, 2.05) is 31.2 Å². The third-order valence-electron chi connectivity index (χ3n) is 9.87. The molecule has 263 valence electrons. The molecule has 47 heavy (non-hydrogen) atoms. The van der Waals surface area contributed by atoms with E-state index in [0.717, 1.165) is 35.0 Å². The van der Waals surface area contributed by atoms with Gasteiger partial charge in [0.1, 0.15) is 11.5 Å². The standard InChI is InChI=1S/C41H64NO5/c1-5-7-9-11-13-15-17-19-21-33-45-37-27-23-35(24-28-37)39(43)47-41(4)32-31-40(3,42(41)44)36-25-29-38(30-26-36)46-34-22-20-18-16-14-12-10-8-6-2/h23-30H,5-22,31-34H2,1-4H3/t40-,41-/m0/s1. The van der Waals surface area contributed by atoms with Gasteiger partial charge in [-0.3, -0.25) is 0 Å². The van der Waals surface area contributed by atoms with E-state index in [1.54, 1.807) is 31.2 Å². The van der Waals surface area contributed by atoms with Crippen LogP contribution >= 0.6 is 0 Å². The summed E-state index contributed by atoms with van der Waals surface area (Å²) in [5, 5.41) is 14.7. The lowest BCUT2D eigenvalue weighted by atomic mass is 9.90. The van der Waals surface area contributed by atoms with E-state index < -0.39 is 17.2 Å². The number of hydrogen-bond acceptors (Lipinski definition) is 5. The smallest absolute Gasteiger partial charge is 0.339 e. The molecule has 0 bridgehead atoms. The lowest BCUT2D eigenvalue weighted by Gasteiger charge is -2.36. The first-order valence-electron chi connectivity index (χ1n) is 19.0. The van der Waals surface area contributed by atoms with Crippen molar-refractivity contribution < 1.29 is 24.2 Å². The van der Waals surface area contributed by atoms with E-state index in [2.05, 4.69) is 13.8 Å². The number of unbranched alkanes of at least 4 members (excludes halogenated alkanes) is 16. The Hall–Kier alpha value is -2.57. The molecule has 0 unspecified atom stereocenters. The summed E-state index contributed by atoms with van der Waals surface area (Å²) < 4.78 is 17.7. The minimum atomic E-state index is -1.25. The number of benzene rings is 2. The van der Waals surface area contributed by atoms with Crippen molar-refractivity contribution in [2.45, 2.75) is 167 Å². The maximum Gasteiger partial charge on any atom is 0.339 e. The molecule has 1 radical (unpaired) electrons. The van der Waals surface area contributed by atoms with Gasteiger partial charge in [0.15, 0.2) is 5.72 Å². The van der Waals surface area contributed by atoms with Crippen LogP contribution in [0.25, 0.3) is 0 Å². The van der Waals surface area contributed by atoms with Crippen LogP contribution in [0.2, 0.25) is 0 Å². The summed E-state index contributed by atoms with van der Waals surface area (Å²) in [6.45, 7) is 9.54. The second-order valence-electron chi connectivity index (χ2n) is 14.0. The van der Waals surface area contributed by atoms with Crippen LogP contribution in [0.1, 0.15) is 172 Å². The summed E-state index contributed by atoms with van der Waals surface area (Å²) >= 11 is 0. The fourth-order valence-electron chi connectivity index (χ4n) is 6.62. The Balaban J connectivity index is 1.37. The predicted octanol–water partition coefficient (Wildman–Crippen LogP) is 11.7. The topological polar surface area (TPSA) is 67.9 Å². The molecule has 6 nitrogen and oxygen atoms in total. The molecule has 2 aromatic carbocycles. The minimum Gasteiger partial charge on any atom is -0.494 e. The Morgan fingerprint density at radius 2 is 1.00 bits per heavy atom. The van der Waals surface area contributed by atoms with Gasteiger partial charge in [-0.25, -0.2) is 4.79 Å². The molecule has 0 aromatic heterocycles. The van der Waals surface area contributed by atoms with Gasteiger partial charge in [0.05, 0.1) is 24.3 Å². The van der Waals surface area contributed by atoms with Crippen molar-refractivity contribution in [3.63, 3.8) is 0 Å². The van der Waals surface area contributed by atoms with Gasteiger partial charge >= 0.3 is 5.97 Å². The third kappa shape index (κ3) is 13.1. The van der Waals surface area contributed by atoms with E-state index in [1.165, 1.54) is 103 Å². The second-order valence-corrected chi connectivity index (χ2v) is 14.0. The molecule has 1 fully saturated rings. The van der Waals surface area contributed by atoms with Crippen LogP contribution < -0.4 is 9.47 Å². The van der Waals surface area contributed by atoms with E-state index >= 15 is 0 Å². The van der Waals surface area contributed by atoms with E-state index in [9.17, 15) is 10.0 Å². The second kappa shape index (κ2) is 21.4. The van der Waals surface area contributed by atoms with Crippen LogP contribution in [-0.2, 0) is 15.5 Å². The average molecular weight is 651 g/mol. The number of rotatable bonds is 25. The first-order chi connectivity index (χ1) is 22.8. The molecule has 1 aliphatic rings. The monoisotopic (exact) mass is 650 g/mol. The van der Waals surface area contributed by atoms with E-state index in [4.69, 9.17) is 14.2 Å². The summed E-state index contributed by atoms with van der Waals surface area (Å²) in [6, 6.07) is 14.9. The largest absolute Gasteiger partial charge is 0.494 e. The molecule has 6 heteroatoms. The zero-order valence-electron chi connectivity index (χ0n) is 30.2. The minimum absolute atomic E-state index is 0.414. The molecule has 0 saturated carbocycles. The summed E-state index contributed by atoms with van der Waals surface area (Å²) in [6.07, 6.45) is 24.1. The molecule has 0 aliphatic carbocycles. The summed E-state index contributed by atoms with van der Waals surface area (Å²) in [5.41, 5.74) is -0.729. The van der Waals surface area contributed by atoms with Gasteiger partial charge in [0.2, 0.25) is 0 Å². The van der Waals surface area contributed by atoms with Crippen molar-refractivity contribution in [1.29, 1.82) is 0 Å². The van der Waals surface area contributed by atoms with E-state index in [0.29, 0.717) is 31.6 Å². The molecule has 1 heterocycles. The van der Waals surface area contributed by atoms with Gasteiger partial charge < -0.3 is 14.2 Å². The highest BCUT2D eigenvalue weighted by molar-refractivity contribution is 5.89. The van der Waals surface area contributed by atoms with Crippen LogP contribution in [0.3, 0.4) is 0 Å². The lowest BCUT2D eigenvalue weighted by molar-refractivity contribution is -0.311. The quantitative estimate of drug-likeness (QED) is 0.0790. The lowest BCUT2D eigenvalue weighted by Crippen LogP contribution is -2.49. The van der Waals surface area contributed by atoms with Gasteiger partial charge in [-0.1, -0.05) is 129 Å². The maximum atomic E-state index is 13.7. The molecule has 2 aromatic rings. The highest BCUT2D eigenvalue weighted by Gasteiger charge is 2.54. The van der Waals surface area contributed by atoms with Crippen molar-refractivity contribution in [3.8, 4) is 11.5 Å². The van der Waals surface area contributed by atoms with Crippen LogP contribution in [-0.4, -0.2) is 30.0 Å². The molecule has 0 amide bonds. The fourth-order valence-corrected chi connectivity index (χ4v) is 6.62. The van der Waals surface area contributed by atoms with Crippen molar-refractivity contribution in [3.05, 3.63) is 59.7 Å². The highest BCUT2D eigenvalue weighted by Crippen LogP contribution is 2.47. The number of nitrogens with zero attached hydrogens (tertiary/aromatic N) is 1. The number of hydroxylamine groups is 2. The van der Waals surface area contributed by atoms with Gasteiger partial charge in [0, 0.05) is 6.42 Å². The SMILES string of the molecule is CCCCCCCCCCCOc1ccc(C(=O)O[C@@]2(C)CC[C@@](C)(c3ccc(OCCCCCCCCCCC)cc3)N2[O])cc1. The highest BCUT2D eigenvalue weighted by atomic mass is 16.6. The van der Waals surface area contributed by atoms with Gasteiger partial charge in [-0.15, -0.1) is 10.3 Å². The first kappa shape index (κ1) is 38.9. The Morgan fingerprint density at radius 1 is 0.596 bits per heavy atom. The maximum absolute atomic E-state index is 13.7. The predicted molar refractivity (Wildman–Crippen MR) is 191 cm³/mol. The third-order valence-corrected chi connectivity index (χ3v) is 9.87. The Morgan fingerprint density at radius 3 is 1.45 bits per heavy atom. The molecular formula is C41H64NO5. The van der Waals surface area contributed by atoms with Crippen molar-refractivity contribution >= 4 is 5.97 Å². The Bertz CT molecular complexity index is 1120. The summed E-state index contributed by atoms with van der Waals surface area (Å²) in [7, 11) is 0. The van der Waals surface area contributed by atoms with Crippen molar-refractivity contribution in [1.82, 2.24) is 5.06 Å². The molecule has 1 aliphatic heterocycles. The molecule has 2 atom stereocenters. The summed E-state index contributed by atoms with van der Waals surface area (Å²) in [5.74, 6) is 1.07. The number of esters is 1. The van der Waals surface area contributed by atoms with Crippen LogP contribution in [0.15, 0.2) is 48.5 Å². The molecule has 3 rings (SSSR count). The number of hydrogen-bond donors (Lipinski definition) is 0. The number of ether oxygens (including phenoxy) is 3. The van der Waals surface area contributed by atoms with E-state index in [-0.39, 0.29) is 0 Å². The molecule has 1 saturated heterocycles. The van der Waals surface area contributed by atoms with Gasteiger partial charge in [-0.2, -0.15) is 0 Å². The zero-order chi connectivity index (χ0) is 33.8. The number of carbonyl (C=O) groups excluding carboxylic acids is 1. The van der Waals surface area contributed by atoms with Crippen molar-refractivity contribution in [2.75, 3.05) is 13.2 Å². The van der Waals surface area contributed by atoms with Gasteiger partial charge in [0.25, 0.3) is 0 Å². The Kier molecular flexibility index (Phi) is 17.7. The van der Waals surface area contributed by atoms with Gasteiger partial charge in [-0.05, 0) is 75.1 Å². The molecule has 0 spiro atoms. The van der Waals surface area contributed by atoms with Crippen LogP contribution in [0.5, 0.6) is 11.5 Å². The number of carbonyl (C=O) groups is 1.